The summed E-state index contributed by atoms with van der Waals surface area (Å²) in [6.45, 7) is 1.02. The number of anilines is 1. The van der Waals surface area contributed by atoms with Crippen molar-refractivity contribution in [2.45, 2.75) is 13.2 Å². The molecule has 26 heavy (non-hydrogen) atoms. The van der Waals surface area contributed by atoms with E-state index in [0.29, 0.717) is 28.2 Å². The molecule has 3 rings (SSSR count). The molecule has 0 fully saturated rings. The van der Waals surface area contributed by atoms with Crippen LogP contribution in [0, 0.1) is 0 Å². The molecule has 0 heterocycles. The summed E-state index contributed by atoms with van der Waals surface area (Å²) in [5.41, 5.74) is 2.93. The summed E-state index contributed by atoms with van der Waals surface area (Å²) >= 11 is 21.6. The molecule has 0 aliphatic heterocycles. The summed E-state index contributed by atoms with van der Waals surface area (Å²) in [6.07, 6.45) is 0. The van der Waals surface area contributed by atoms with Gasteiger partial charge in [0, 0.05) is 32.3 Å². The van der Waals surface area contributed by atoms with Crippen LogP contribution in [0.4, 0.5) is 5.69 Å². The van der Waals surface area contributed by atoms with Crippen molar-refractivity contribution in [2.24, 2.45) is 0 Å². The quantitative estimate of drug-likeness (QED) is 0.400. The van der Waals surface area contributed by atoms with Crippen LogP contribution in [-0.2, 0) is 13.2 Å². The molecule has 0 atom stereocenters. The van der Waals surface area contributed by atoms with Crippen LogP contribution < -0.4 is 10.1 Å². The fraction of sp³-hybridized carbons (Fsp3) is 0.100. The maximum absolute atomic E-state index is 6.15. The highest BCUT2D eigenvalue weighted by atomic mass is 79.9. The second kappa shape index (κ2) is 9.01. The smallest absolute Gasteiger partial charge is 0.124 e. The zero-order chi connectivity index (χ0) is 18.5. The molecule has 3 aromatic carbocycles. The normalized spacial score (nSPS) is 10.6. The van der Waals surface area contributed by atoms with Crippen molar-refractivity contribution < 1.29 is 4.74 Å². The Balaban J connectivity index is 1.70. The van der Waals surface area contributed by atoms with Gasteiger partial charge in [-0.1, -0.05) is 46.9 Å². The Morgan fingerprint density at radius 2 is 1.58 bits per heavy atom. The summed E-state index contributed by atoms with van der Waals surface area (Å²) in [5.74, 6) is 0.778. The lowest BCUT2D eigenvalue weighted by Gasteiger charge is -2.14. The first kappa shape index (κ1) is 19.4. The van der Waals surface area contributed by atoms with Gasteiger partial charge in [0.05, 0.1) is 5.02 Å². The lowest BCUT2D eigenvalue weighted by molar-refractivity contribution is 0.303. The fourth-order valence-electron chi connectivity index (χ4n) is 2.37. The maximum Gasteiger partial charge on any atom is 0.124 e. The second-order valence-electron chi connectivity index (χ2n) is 5.65. The van der Waals surface area contributed by atoms with Crippen molar-refractivity contribution in [1.29, 1.82) is 0 Å². The first-order chi connectivity index (χ1) is 12.5. The molecule has 0 bridgehead atoms. The third kappa shape index (κ3) is 5.31. The molecular weight excluding hydrogens is 456 g/mol. The highest BCUT2D eigenvalue weighted by Crippen LogP contribution is 2.28. The number of rotatable bonds is 6. The second-order valence-corrected chi connectivity index (χ2v) is 7.78. The van der Waals surface area contributed by atoms with E-state index in [1.807, 2.05) is 60.7 Å². The predicted octanol–water partition coefficient (Wildman–Crippen LogP) is 7.60. The van der Waals surface area contributed by atoms with Gasteiger partial charge in [-0.05, 0) is 70.0 Å². The van der Waals surface area contributed by atoms with Crippen LogP contribution in [0.5, 0.6) is 5.75 Å². The van der Waals surface area contributed by atoms with E-state index < -0.39 is 0 Å². The van der Waals surface area contributed by atoms with E-state index in [4.69, 9.17) is 39.5 Å². The van der Waals surface area contributed by atoms with Crippen LogP contribution in [-0.4, -0.2) is 0 Å². The summed E-state index contributed by atoms with van der Waals surface area (Å²) in [5, 5.41) is 5.36. The molecular formula is C20H15BrCl3NO. The van der Waals surface area contributed by atoms with Crippen molar-refractivity contribution in [3.63, 3.8) is 0 Å². The Morgan fingerprint density at radius 3 is 2.31 bits per heavy atom. The molecule has 0 spiro atoms. The molecule has 134 valence electrons. The zero-order valence-corrected chi connectivity index (χ0v) is 17.5. The molecule has 0 saturated carbocycles. The lowest BCUT2D eigenvalue weighted by atomic mass is 10.2. The third-order valence-corrected chi connectivity index (χ3v) is 5.45. The largest absolute Gasteiger partial charge is 0.489 e. The molecule has 0 amide bonds. The summed E-state index contributed by atoms with van der Waals surface area (Å²) in [6, 6.07) is 18.9. The zero-order valence-electron chi connectivity index (χ0n) is 13.6. The van der Waals surface area contributed by atoms with Crippen LogP contribution in [0.25, 0.3) is 0 Å². The van der Waals surface area contributed by atoms with E-state index in [2.05, 4.69) is 21.2 Å². The van der Waals surface area contributed by atoms with Gasteiger partial charge in [0.2, 0.25) is 0 Å². The molecule has 0 aliphatic rings. The molecule has 0 aliphatic carbocycles. The summed E-state index contributed by atoms with van der Waals surface area (Å²) < 4.78 is 6.83. The monoisotopic (exact) mass is 469 g/mol. The molecule has 0 saturated heterocycles. The number of hydrogen-bond acceptors (Lipinski definition) is 2. The van der Waals surface area contributed by atoms with Gasteiger partial charge < -0.3 is 10.1 Å². The van der Waals surface area contributed by atoms with E-state index >= 15 is 0 Å². The highest BCUT2D eigenvalue weighted by molar-refractivity contribution is 9.10. The number of nitrogens with one attached hydrogen (secondary N) is 1. The number of ether oxygens (including phenoxy) is 1. The van der Waals surface area contributed by atoms with Crippen LogP contribution in [0.2, 0.25) is 15.1 Å². The van der Waals surface area contributed by atoms with Crippen molar-refractivity contribution in [3.8, 4) is 5.75 Å². The van der Waals surface area contributed by atoms with Crippen LogP contribution in [0.1, 0.15) is 11.1 Å². The highest BCUT2D eigenvalue weighted by Gasteiger charge is 2.07. The maximum atomic E-state index is 6.15. The molecule has 1 N–H and O–H groups in total. The summed E-state index contributed by atoms with van der Waals surface area (Å²) in [4.78, 5) is 0. The number of hydrogen-bond donors (Lipinski definition) is 1. The van der Waals surface area contributed by atoms with Gasteiger partial charge in [0.1, 0.15) is 12.4 Å². The fourth-order valence-corrected chi connectivity index (χ4v) is 3.12. The summed E-state index contributed by atoms with van der Waals surface area (Å²) in [7, 11) is 0. The van der Waals surface area contributed by atoms with Crippen molar-refractivity contribution in [3.05, 3.63) is 91.3 Å². The van der Waals surface area contributed by atoms with Gasteiger partial charge in [0.15, 0.2) is 0 Å². The van der Waals surface area contributed by atoms with E-state index in [1.54, 1.807) is 0 Å². The average molecular weight is 472 g/mol. The Bertz CT molecular complexity index is 900. The lowest BCUT2D eigenvalue weighted by Crippen LogP contribution is -2.04. The first-order valence-corrected chi connectivity index (χ1v) is 9.78. The SMILES string of the molecule is Clc1ccc(COc2ccc(Cl)cc2CNc2ccc(Br)c(Cl)c2)cc1. The molecule has 0 aromatic heterocycles. The Hall–Kier alpha value is -1.39. The van der Waals surface area contributed by atoms with Gasteiger partial charge in [-0.15, -0.1) is 0 Å². The molecule has 0 radical (unpaired) electrons. The van der Waals surface area contributed by atoms with Gasteiger partial charge >= 0.3 is 0 Å². The Labute approximate surface area is 176 Å². The minimum atomic E-state index is 0.454. The predicted molar refractivity (Wildman–Crippen MR) is 114 cm³/mol. The number of halogens is 4. The Morgan fingerprint density at radius 1 is 0.846 bits per heavy atom. The number of benzene rings is 3. The van der Waals surface area contributed by atoms with Crippen LogP contribution >= 0.6 is 50.7 Å². The Kier molecular flexibility index (Phi) is 6.71. The first-order valence-electron chi connectivity index (χ1n) is 7.86. The van der Waals surface area contributed by atoms with E-state index in [-0.39, 0.29) is 0 Å². The molecule has 2 nitrogen and oxygen atoms in total. The van der Waals surface area contributed by atoms with Gasteiger partial charge in [-0.2, -0.15) is 0 Å². The standard InChI is InChI=1S/C20H15BrCl3NO/c21-18-7-6-17(10-19(18)24)25-11-14-9-16(23)5-8-20(14)26-12-13-1-3-15(22)4-2-13/h1-10,25H,11-12H2. The van der Waals surface area contributed by atoms with Crippen molar-refractivity contribution in [1.82, 2.24) is 0 Å². The average Bonchev–Trinajstić information content (AvgIpc) is 2.63. The van der Waals surface area contributed by atoms with E-state index in [9.17, 15) is 0 Å². The molecule has 6 heteroatoms. The van der Waals surface area contributed by atoms with Crippen molar-refractivity contribution in [2.75, 3.05) is 5.32 Å². The van der Waals surface area contributed by atoms with Crippen molar-refractivity contribution >= 4 is 56.4 Å². The van der Waals surface area contributed by atoms with Crippen LogP contribution in [0.3, 0.4) is 0 Å². The molecule has 0 unspecified atom stereocenters. The minimum Gasteiger partial charge on any atom is -0.489 e. The van der Waals surface area contributed by atoms with Gasteiger partial charge in [-0.3, -0.25) is 0 Å². The minimum absolute atomic E-state index is 0.454. The van der Waals surface area contributed by atoms with E-state index in [1.165, 1.54) is 0 Å². The van der Waals surface area contributed by atoms with Crippen LogP contribution in [0.15, 0.2) is 65.1 Å². The third-order valence-electron chi connectivity index (χ3n) is 3.73. The van der Waals surface area contributed by atoms with Gasteiger partial charge in [0.25, 0.3) is 0 Å². The van der Waals surface area contributed by atoms with Gasteiger partial charge in [-0.25, -0.2) is 0 Å². The topological polar surface area (TPSA) is 21.3 Å². The van der Waals surface area contributed by atoms with E-state index in [0.717, 1.165) is 27.0 Å². The molecule has 3 aromatic rings.